The molecule has 3 aromatic rings. The number of benzene rings is 1. The molecule has 0 bridgehead atoms. The number of anilines is 1. The van der Waals surface area contributed by atoms with Crippen molar-refractivity contribution < 1.29 is 19.0 Å². The molecule has 1 atom stereocenters. The first-order valence-corrected chi connectivity index (χ1v) is 10.3. The number of rotatable bonds is 7. The molecule has 0 saturated carbocycles. The van der Waals surface area contributed by atoms with Crippen molar-refractivity contribution in [1.29, 1.82) is 0 Å². The summed E-state index contributed by atoms with van der Waals surface area (Å²) in [6.07, 6.45) is 6.58. The van der Waals surface area contributed by atoms with E-state index >= 15 is 0 Å². The summed E-state index contributed by atoms with van der Waals surface area (Å²) >= 11 is 0. The predicted molar refractivity (Wildman–Crippen MR) is 116 cm³/mol. The Balaban J connectivity index is 1.57. The first-order chi connectivity index (χ1) is 15.2. The summed E-state index contributed by atoms with van der Waals surface area (Å²) in [5.41, 5.74) is 2.66. The van der Waals surface area contributed by atoms with Crippen LogP contribution in [0.15, 0.2) is 48.8 Å². The molecule has 0 aliphatic carbocycles. The molecule has 1 aromatic carbocycles. The first-order valence-electron chi connectivity index (χ1n) is 10.3. The van der Waals surface area contributed by atoms with Crippen LogP contribution in [-0.2, 0) is 16.0 Å². The van der Waals surface area contributed by atoms with Crippen LogP contribution >= 0.6 is 0 Å². The molecule has 1 aliphatic rings. The Bertz CT molecular complexity index is 1040. The standard InChI is InChI=1S/C23H26N4O4/c1-29-19-9-8-16(18-10-12-25-27(18)22-7-3-4-13-31-22)14-17(19)15-21(28)26-23-20(30-2)6-5-11-24-23/h5-6,8-12,14,22H,3-4,7,13,15H2,1-2H3,(H,24,26,28)/t22-/m1/s1. The van der Waals surface area contributed by atoms with Crippen LogP contribution in [0.2, 0.25) is 0 Å². The SMILES string of the molecule is COc1ccc(-c2ccnn2[C@H]2CCCCO2)cc1CC(=O)Nc1ncccc1OC. The first kappa shape index (κ1) is 20.9. The molecule has 0 spiro atoms. The largest absolute Gasteiger partial charge is 0.496 e. The van der Waals surface area contributed by atoms with E-state index < -0.39 is 0 Å². The minimum Gasteiger partial charge on any atom is -0.496 e. The van der Waals surface area contributed by atoms with Crippen LogP contribution in [0.4, 0.5) is 5.82 Å². The van der Waals surface area contributed by atoms with Crippen molar-refractivity contribution in [1.82, 2.24) is 14.8 Å². The smallest absolute Gasteiger partial charge is 0.230 e. The minimum atomic E-state index is -0.212. The van der Waals surface area contributed by atoms with Crippen molar-refractivity contribution in [2.45, 2.75) is 31.9 Å². The average molecular weight is 422 g/mol. The quantitative estimate of drug-likeness (QED) is 0.622. The molecular formula is C23H26N4O4. The van der Waals surface area contributed by atoms with Gasteiger partial charge in [-0.2, -0.15) is 5.10 Å². The third-order valence-corrected chi connectivity index (χ3v) is 5.27. The van der Waals surface area contributed by atoms with E-state index in [0.717, 1.165) is 42.7 Å². The van der Waals surface area contributed by atoms with Gasteiger partial charge in [-0.1, -0.05) is 0 Å². The Hall–Kier alpha value is -3.39. The maximum absolute atomic E-state index is 12.7. The highest BCUT2D eigenvalue weighted by Crippen LogP contribution is 2.31. The lowest BCUT2D eigenvalue weighted by Gasteiger charge is -2.24. The fourth-order valence-corrected chi connectivity index (χ4v) is 3.76. The Labute approximate surface area is 181 Å². The molecule has 4 rings (SSSR count). The number of amides is 1. The van der Waals surface area contributed by atoms with Gasteiger partial charge in [-0.15, -0.1) is 0 Å². The lowest BCUT2D eigenvalue weighted by atomic mass is 10.0. The van der Waals surface area contributed by atoms with E-state index in [4.69, 9.17) is 14.2 Å². The number of ether oxygens (including phenoxy) is 3. The summed E-state index contributed by atoms with van der Waals surface area (Å²) in [4.78, 5) is 16.9. The van der Waals surface area contributed by atoms with Crippen molar-refractivity contribution in [2.24, 2.45) is 0 Å². The highest BCUT2D eigenvalue weighted by Gasteiger charge is 2.20. The van der Waals surface area contributed by atoms with Crippen molar-refractivity contribution >= 4 is 11.7 Å². The predicted octanol–water partition coefficient (Wildman–Crippen LogP) is 3.84. The number of hydrogen-bond acceptors (Lipinski definition) is 6. The topological polar surface area (TPSA) is 87.5 Å². The molecule has 1 fully saturated rings. The van der Waals surface area contributed by atoms with Crippen LogP contribution in [0.3, 0.4) is 0 Å². The van der Waals surface area contributed by atoms with Gasteiger partial charge < -0.3 is 19.5 Å². The van der Waals surface area contributed by atoms with Gasteiger partial charge >= 0.3 is 0 Å². The summed E-state index contributed by atoms with van der Waals surface area (Å²) in [6, 6.07) is 11.3. The van der Waals surface area contributed by atoms with Gasteiger partial charge in [0.1, 0.15) is 5.75 Å². The maximum atomic E-state index is 12.7. The Morgan fingerprint density at radius 2 is 2.03 bits per heavy atom. The molecule has 3 heterocycles. The van der Waals surface area contributed by atoms with Gasteiger partial charge in [-0.25, -0.2) is 9.67 Å². The molecule has 31 heavy (non-hydrogen) atoms. The van der Waals surface area contributed by atoms with Crippen molar-refractivity contribution in [3.63, 3.8) is 0 Å². The number of hydrogen-bond donors (Lipinski definition) is 1. The molecule has 8 heteroatoms. The molecule has 1 aliphatic heterocycles. The number of pyridine rings is 1. The third-order valence-electron chi connectivity index (χ3n) is 5.27. The molecule has 162 valence electrons. The number of aromatic nitrogens is 3. The monoisotopic (exact) mass is 422 g/mol. The Morgan fingerprint density at radius 1 is 1.16 bits per heavy atom. The van der Waals surface area contributed by atoms with Crippen molar-refractivity contribution in [3.05, 3.63) is 54.4 Å². The number of methoxy groups -OCH3 is 2. The zero-order chi connectivity index (χ0) is 21.6. The lowest BCUT2D eigenvalue weighted by Crippen LogP contribution is -2.20. The lowest BCUT2D eigenvalue weighted by molar-refractivity contribution is -0.115. The average Bonchev–Trinajstić information content (AvgIpc) is 3.30. The zero-order valence-corrected chi connectivity index (χ0v) is 17.7. The van der Waals surface area contributed by atoms with E-state index in [1.165, 1.54) is 0 Å². The fraction of sp³-hybridized carbons (Fsp3) is 0.348. The van der Waals surface area contributed by atoms with Crippen LogP contribution < -0.4 is 14.8 Å². The maximum Gasteiger partial charge on any atom is 0.230 e. The fourth-order valence-electron chi connectivity index (χ4n) is 3.76. The van der Waals surface area contributed by atoms with Crippen LogP contribution in [0.5, 0.6) is 11.5 Å². The van der Waals surface area contributed by atoms with Crippen molar-refractivity contribution in [2.75, 3.05) is 26.1 Å². The zero-order valence-electron chi connectivity index (χ0n) is 17.7. The molecule has 8 nitrogen and oxygen atoms in total. The van der Waals surface area contributed by atoms with Gasteiger partial charge in [-0.3, -0.25) is 4.79 Å². The second-order valence-electron chi connectivity index (χ2n) is 7.29. The van der Waals surface area contributed by atoms with E-state index in [1.54, 1.807) is 38.7 Å². The molecule has 0 unspecified atom stereocenters. The third kappa shape index (κ3) is 4.69. The van der Waals surface area contributed by atoms with E-state index in [9.17, 15) is 4.79 Å². The molecule has 1 N–H and O–H groups in total. The molecule has 1 amide bonds. The summed E-state index contributed by atoms with van der Waals surface area (Å²) in [5, 5.41) is 7.29. The molecule has 2 aromatic heterocycles. The van der Waals surface area contributed by atoms with Gasteiger partial charge in [0.25, 0.3) is 0 Å². The van der Waals surface area contributed by atoms with Gasteiger partial charge in [-0.05, 0) is 55.7 Å². The summed E-state index contributed by atoms with van der Waals surface area (Å²) in [6.45, 7) is 0.745. The molecule has 1 saturated heterocycles. The Morgan fingerprint density at radius 3 is 2.81 bits per heavy atom. The van der Waals surface area contributed by atoms with E-state index in [2.05, 4.69) is 15.4 Å². The minimum absolute atomic E-state index is 0.0655. The number of nitrogens with zero attached hydrogens (tertiary/aromatic N) is 3. The summed E-state index contributed by atoms with van der Waals surface area (Å²) in [7, 11) is 3.14. The number of carbonyl (C=O) groups is 1. The second-order valence-corrected chi connectivity index (χ2v) is 7.29. The van der Waals surface area contributed by atoms with Gasteiger partial charge in [0.2, 0.25) is 5.91 Å². The van der Waals surface area contributed by atoms with Crippen LogP contribution in [0, 0.1) is 0 Å². The highest BCUT2D eigenvalue weighted by atomic mass is 16.5. The highest BCUT2D eigenvalue weighted by molar-refractivity contribution is 5.93. The van der Waals surface area contributed by atoms with Crippen LogP contribution in [-0.4, -0.2) is 41.5 Å². The molecular weight excluding hydrogens is 396 g/mol. The normalized spacial score (nSPS) is 16.0. The van der Waals surface area contributed by atoms with E-state index in [1.807, 2.05) is 28.9 Å². The number of nitrogens with one attached hydrogen (secondary N) is 1. The van der Waals surface area contributed by atoms with E-state index in [0.29, 0.717) is 17.3 Å². The van der Waals surface area contributed by atoms with Gasteiger partial charge in [0.05, 0.1) is 26.3 Å². The van der Waals surface area contributed by atoms with Crippen LogP contribution in [0.25, 0.3) is 11.3 Å². The van der Waals surface area contributed by atoms with Crippen molar-refractivity contribution in [3.8, 4) is 22.8 Å². The van der Waals surface area contributed by atoms with Gasteiger partial charge in [0.15, 0.2) is 17.8 Å². The van der Waals surface area contributed by atoms with Crippen LogP contribution in [0.1, 0.15) is 31.1 Å². The summed E-state index contributed by atoms with van der Waals surface area (Å²) < 4.78 is 18.6. The van der Waals surface area contributed by atoms with Gasteiger partial charge in [0, 0.05) is 30.1 Å². The Kier molecular flexibility index (Phi) is 6.47. The van der Waals surface area contributed by atoms with E-state index in [-0.39, 0.29) is 18.6 Å². The second kappa shape index (κ2) is 9.61. The summed E-state index contributed by atoms with van der Waals surface area (Å²) in [5.74, 6) is 1.33. The number of carbonyl (C=O) groups excluding carboxylic acids is 1. The molecule has 0 radical (unpaired) electrons.